The van der Waals surface area contributed by atoms with Crippen molar-refractivity contribution >= 4 is 11.9 Å². The van der Waals surface area contributed by atoms with Gasteiger partial charge in [-0.05, 0) is 6.42 Å². The van der Waals surface area contributed by atoms with E-state index in [1.54, 1.807) is 0 Å². The number of cyclic esters (lactones) is 1. The molecule has 0 aromatic carbocycles. The predicted molar refractivity (Wildman–Crippen MR) is 114 cm³/mol. The van der Waals surface area contributed by atoms with Crippen LogP contribution in [0, 0.1) is 0 Å². The topological polar surface area (TPSA) is 102 Å². The first-order valence-corrected chi connectivity index (χ1v) is 11.5. The molecule has 0 aliphatic carbocycles. The zero-order valence-corrected chi connectivity index (χ0v) is 18.7. The molecule has 7 nitrogen and oxygen atoms in total. The molecule has 0 radical (unpaired) electrons. The molecule has 1 aliphatic heterocycles. The Bertz CT molecular complexity index is 530. The Morgan fingerprint density at radius 2 is 1.47 bits per heavy atom. The largest absolute Gasteiger partial charge is 0.505 e. The third-order valence-corrected chi connectivity index (χ3v) is 5.37. The maximum absolute atomic E-state index is 11.8. The first-order chi connectivity index (χ1) is 14.5. The van der Waals surface area contributed by atoms with Gasteiger partial charge in [0.25, 0.3) is 0 Å². The van der Waals surface area contributed by atoms with Crippen LogP contribution in [0.25, 0.3) is 0 Å². The van der Waals surface area contributed by atoms with Crippen LogP contribution in [-0.2, 0) is 23.8 Å². The minimum atomic E-state index is -1.34. The molecule has 2 N–H and O–H groups in total. The third-order valence-electron chi connectivity index (χ3n) is 5.37. The number of ether oxygens (including phenoxy) is 3. The third kappa shape index (κ3) is 10.3. The first-order valence-electron chi connectivity index (χ1n) is 11.5. The molecule has 1 aliphatic rings. The fraction of sp³-hybridized carbons (Fsp3) is 0.826. The van der Waals surface area contributed by atoms with Crippen molar-refractivity contribution in [2.45, 2.75) is 109 Å². The summed E-state index contributed by atoms with van der Waals surface area (Å²) in [5, 5.41) is 19.8. The number of aliphatic hydroxyl groups excluding tert-OH is 2. The molecule has 7 heteroatoms. The fourth-order valence-corrected chi connectivity index (χ4v) is 3.53. The normalized spacial score (nSPS) is 17.2. The van der Waals surface area contributed by atoms with E-state index in [1.807, 2.05) is 0 Å². The summed E-state index contributed by atoms with van der Waals surface area (Å²) in [5.74, 6) is -2.07. The van der Waals surface area contributed by atoms with E-state index in [4.69, 9.17) is 14.2 Å². The molecule has 0 amide bonds. The van der Waals surface area contributed by atoms with E-state index in [2.05, 4.69) is 6.92 Å². The van der Waals surface area contributed by atoms with Crippen molar-refractivity contribution in [3.63, 3.8) is 0 Å². The van der Waals surface area contributed by atoms with Crippen LogP contribution < -0.4 is 0 Å². The molecule has 0 fully saturated rings. The highest BCUT2D eigenvalue weighted by Gasteiger charge is 2.40. The van der Waals surface area contributed by atoms with Gasteiger partial charge in [-0.15, -0.1) is 0 Å². The number of hydrogen-bond acceptors (Lipinski definition) is 7. The number of methoxy groups -OCH3 is 1. The van der Waals surface area contributed by atoms with Crippen LogP contribution >= 0.6 is 0 Å². The highest BCUT2D eigenvalue weighted by Crippen LogP contribution is 2.23. The zero-order chi connectivity index (χ0) is 22.2. The van der Waals surface area contributed by atoms with Gasteiger partial charge in [-0.3, -0.25) is 4.79 Å². The molecule has 0 aromatic rings. The molecular formula is C23H40O7. The van der Waals surface area contributed by atoms with Crippen LogP contribution in [0.4, 0.5) is 0 Å². The van der Waals surface area contributed by atoms with Crippen molar-refractivity contribution in [3.8, 4) is 0 Å². The van der Waals surface area contributed by atoms with Crippen LogP contribution in [0.15, 0.2) is 11.5 Å². The summed E-state index contributed by atoms with van der Waals surface area (Å²) < 4.78 is 14.6. The average Bonchev–Trinajstić information content (AvgIpc) is 3.03. The lowest BCUT2D eigenvalue weighted by atomic mass is 10.0. The van der Waals surface area contributed by atoms with E-state index in [1.165, 1.54) is 71.3 Å². The van der Waals surface area contributed by atoms with Gasteiger partial charge < -0.3 is 24.4 Å². The quantitative estimate of drug-likeness (QED) is 0.241. The lowest BCUT2D eigenvalue weighted by Crippen LogP contribution is -2.33. The lowest BCUT2D eigenvalue weighted by Gasteiger charge is -2.17. The molecule has 174 valence electrons. The van der Waals surface area contributed by atoms with Crippen molar-refractivity contribution in [1.82, 2.24) is 0 Å². The Morgan fingerprint density at radius 1 is 0.967 bits per heavy atom. The van der Waals surface area contributed by atoms with Crippen LogP contribution in [0.5, 0.6) is 0 Å². The monoisotopic (exact) mass is 428 g/mol. The van der Waals surface area contributed by atoms with Crippen molar-refractivity contribution < 1.29 is 34.0 Å². The molecule has 0 unspecified atom stereocenters. The van der Waals surface area contributed by atoms with E-state index < -0.39 is 29.9 Å². The Balaban J connectivity index is 1.97. The second-order valence-electron chi connectivity index (χ2n) is 7.99. The molecule has 0 saturated carbocycles. The smallest absolute Gasteiger partial charge is 0.378 e. The van der Waals surface area contributed by atoms with Crippen LogP contribution in [-0.4, -0.2) is 48.1 Å². The summed E-state index contributed by atoms with van der Waals surface area (Å²) in [7, 11) is 1.22. The number of aliphatic hydroxyl groups is 2. The lowest BCUT2D eigenvalue weighted by molar-refractivity contribution is -0.154. The molecular weight excluding hydrogens is 388 g/mol. The molecule has 0 spiro atoms. The number of rotatable bonds is 18. The van der Waals surface area contributed by atoms with Crippen molar-refractivity contribution in [2.24, 2.45) is 0 Å². The first kappa shape index (κ1) is 26.3. The van der Waals surface area contributed by atoms with Gasteiger partial charge in [0.05, 0.1) is 7.11 Å². The second kappa shape index (κ2) is 16.0. The molecule has 0 aromatic heterocycles. The van der Waals surface area contributed by atoms with Crippen LogP contribution in [0.3, 0.4) is 0 Å². The Labute approximate surface area is 180 Å². The minimum absolute atomic E-state index is 0.292. The number of esters is 2. The van der Waals surface area contributed by atoms with Gasteiger partial charge in [0.1, 0.15) is 12.7 Å². The SMILES string of the molecule is CCCCCCCCCCCCCCCC(=O)OC[C@H](O)[C@H]1OC(=O)C(OC)=C1O. The van der Waals surface area contributed by atoms with Crippen molar-refractivity contribution in [2.75, 3.05) is 13.7 Å². The van der Waals surface area contributed by atoms with Crippen LogP contribution in [0.2, 0.25) is 0 Å². The molecule has 30 heavy (non-hydrogen) atoms. The minimum Gasteiger partial charge on any atom is -0.505 e. The van der Waals surface area contributed by atoms with Gasteiger partial charge >= 0.3 is 11.9 Å². The van der Waals surface area contributed by atoms with E-state index >= 15 is 0 Å². The van der Waals surface area contributed by atoms with Gasteiger partial charge in [-0.25, -0.2) is 4.79 Å². The molecule has 1 rings (SSSR count). The Morgan fingerprint density at radius 3 is 1.93 bits per heavy atom. The predicted octanol–water partition coefficient (Wildman–Crippen LogP) is 4.71. The summed E-state index contributed by atoms with van der Waals surface area (Å²) in [5.41, 5.74) is 0. The summed E-state index contributed by atoms with van der Waals surface area (Å²) >= 11 is 0. The van der Waals surface area contributed by atoms with E-state index in [9.17, 15) is 19.8 Å². The average molecular weight is 429 g/mol. The zero-order valence-electron chi connectivity index (χ0n) is 18.7. The Hall–Kier alpha value is -1.76. The van der Waals surface area contributed by atoms with E-state index in [-0.39, 0.29) is 12.4 Å². The number of hydrogen-bond donors (Lipinski definition) is 2. The highest BCUT2D eigenvalue weighted by molar-refractivity contribution is 5.89. The standard InChI is InChI=1S/C23H40O7/c1-3-4-5-6-7-8-9-10-11-12-13-14-15-16-19(25)29-17-18(24)21-20(26)22(28-2)23(27)30-21/h18,21,24,26H,3-17H2,1-2H3/t18-,21+/m0/s1. The summed E-state index contributed by atoms with van der Waals surface area (Å²) in [6.07, 6.45) is 13.7. The maximum Gasteiger partial charge on any atom is 0.378 e. The van der Waals surface area contributed by atoms with E-state index in [0.717, 1.165) is 19.3 Å². The van der Waals surface area contributed by atoms with Crippen molar-refractivity contribution in [3.05, 3.63) is 11.5 Å². The van der Waals surface area contributed by atoms with Gasteiger partial charge in [0.2, 0.25) is 5.76 Å². The van der Waals surface area contributed by atoms with Gasteiger partial charge in [0, 0.05) is 6.42 Å². The number of carbonyl (C=O) groups is 2. The number of unbranched alkanes of at least 4 members (excludes halogenated alkanes) is 12. The van der Waals surface area contributed by atoms with Gasteiger partial charge in [-0.1, -0.05) is 84.0 Å². The molecule has 2 atom stereocenters. The van der Waals surface area contributed by atoms with Gasteiger partial charge in [0.15, 0.2) is 11.9 Å². The van der Waals surface area contributed by atoms with Gasteiger partial charge in [-0.2, -0.15) is 0 Å². The summed E-state index contributed by atoms with van der Waals surface area (Å²) in [6.45, 7) is 1.89. The van der Waals surface area contributed by atoms with Crippen LogP contribution in [0.1, 0.15) is 96.8 Å². The molecule has 0 bridgehead atoms. The van der Waals surface area contributed by atoms with E-state index in [0.29, 0.717) is 6.42 Å². The molecule has 1 heterocycles. The summed E-state index contributed by atoms with van der Waals surface area (Å²) in [4.78, 5) is 23.2. The molecule has 0 saturated heterocycles. The highest BCUT2D eigenvalue weighted by atomic mass is 16.6. The fourth-order valence-electron chi connectivity index (χ4n) is 3.53. The van der Waals surface area contributed by atoms with Crippen molar-refractivity contribution in [1.29, 1.82) is 0 Å². The maximum atomic E-state index is 11.8. The Kier molecular flexibility index (Phi) is 14.0. The second-order valence-corrected chi connectivity index (χ2v) is 7.99. The summed E-state index contributed by atoms with van der Waals surface area (Å²) in [6, 6.07) is 0. The number of carbonyl (C=O) groups excluding carboxylic acids is 2.